The second kappa shape index (κ2) is 4.78. The van der Waals surface area contributed by atoms with E-state index >= 15 is 0 Å². The summed E-state index contributed by atoms with van der Waals surface area (Å²) in [4.78, 5) is 0. The van der Waals surface area contributed by atoms with E-state index in [2.05, 4.69) is 4.72 Å². The van der Waals surface area contributed by atoms with Gasteiger partial charge in [0.25, 0.3) is 0 Å². The Bertz CT molecular complexity index is 743. The van der Waals surface area contributed by atoms with Gasteiger partial charge in [0.05, 0.1) is 15.7 Å². The van der Waals surface area contributed by atoms with Gasteiger partial charge in [-0.3, -0.25) is 0 Å². The molecule has 1 aromatic carbocycles. The molecule has 0 radical (unpaired) electrons. The highest BCUT2D eigenvalue weighted by molar-refractivity contribution is 7.84. The lowest BCUT2D eigenvalue weighted by Crippen LogP contribution is -2.58. The third kappa shape index (κ3) is 1.92. The van der Waals surface area contributed by atoms with Gasteiger partial charge in [-0.2, -0.15) is 17.6 Å². The molecule has 3 atom stereocenters. The first kappa shape index (κ1) is 17.8. The zero-order chi connectivity index (χ0) is 18.3. The normalized spacial score (nSPS) is 31.1. The smallest absolute Gasteiger partial charge is 0.242 e. The first-order valence-corrected chi connectivity index (χ1v) is 8.71. The number of nitrogens with one attached hydrogen (secondary N) is 1. The Labute approximate surface area is 139 Å². The third-order valence-corrected chi connectivity index (χ3v) is 6.46. The number of halogens is 5. The van der Waals surface area contributed by atoms with Gasteiger partial charge in [-0.1, -0.05) is 6.92 Å². The molecule has 0 amide bonds. The van der Waals surface area contributed by atoms with Crippen LogP contribution < -0.4 is 4.72 Å². The summed E-state index contributed by atoms with van der Waals surface area (Å²) in [6.07, 6.45) is -0.444. The van der Waals surface area contributed by atoms with Crippen molar-refractivity contribution < 1.29 is 26.2 Å². The summed E-state index contributed by atoms with van der Waals surface area (Å²) in [7, 11) is -2.03. The second-order valence-electron chi connectivity index (χ2n) is 7.53. The van der Waals surface area contributed by atoms with Gasteiger partial charge in [-0.25, -0.2) is 13.3 Å². The van der Waals surface area contributed by atoms with Crippen LogP contribution in [0.2, 0.25) is 0 Å². The lowest BCUT2D eigenvalue weighted by molar-refractivity contribution is -0.241. The highest BCUT2D eigenvalue weighted by Gasteiger charge is 2.79. The largest absolute Gasteiger partial charge is 0.338 e. The van der Waals surface area contributed by atoms with Gasteiger partial charge in [0.15, 0.2) is 0 Å². The van der Waals surface area contributed by atoms with Crippen molar-refractivity contribution in [1.82, 2.24) is 4.72 Å². The Hall–Kier alpha value is -1.02. The summed E-state index contributed by atoms with van der Waals surface area (Å²) in [5.74, 6) is -10.5. The molecule has 24 heavy (non-hydrogen) atoms. The summed E-state index contributed by atoms with van der Waals surface area (Å²) in [6, 6.07) is 1.51. The molecular weight excluding hydrogens is 349 g/mol. The molecule has 8 heteroatoms. The van der Waals surface area contributed by atoms with E-state index in [-0.39, 0.29) is 5.56 Å². The van der Waals surface area contributed by atoms with E-state index in [1.54, 1.807) is 20.8 Å². The minimum absolute atomic E-state index is 0.136. The molecule has 1 N–H and O–H groups in total. The number of hydrogen-bond donors (Lipinski definition) is 1. The maximum atomic E-state index is 14.9. The van der Waals surface area contributed by atoms with E-state index in [4.69, 9.17) is 0 Å². The molecule has 0 aromatic heterocycles. The average molecular weight is 367 g/mol. The molecule has 2 aliphatic rings. The molecule has 0 heterocycles. The molecule has 1 aromatic rings. The van der Waals surface area contributed by atoms with Gasteiger partial charge in [-0.15, -0.1) is 0 Å². The highest BCUT2D eigenvalue weighted by Crippen LogP contribution is 2.67. The number of benzene rings is 1. The van der Waals surface area contributed by atoms with Crippen molar-refractivity contribution in [3.8, 4) is 0 Å². The van der Waals surface area contributed by atoms with Crippen molar-refractivity contribution in [2.24, 2.45) is 0 Å². The molecule has 0 bridgehead atoms. The molecule has 0 spiro atoms. The fourth-order valence-electron chi connectivity index (χ4n) is 3.65. The van der Waals surface area contributed by atoms with Crippen LogP contribution in [0.25, 0.3) is 0 Å². The van der Waals surface area contributed by atoms with E-state index in [9.17, 15) is 26.2 Å². The SMILES string of the molecule is CC1CC2(NS(=O)C(C)(C)C)c3c(ccc(F)c31)C(F)(F)C2(F)F. The minimum atomic E-state index is -4.52. The van der Waals surface area contributed by atoms with Crippen LogP contribution in [0.15, 0.2) is 12.1 Å². The Balaban J connectivity index is 2.30. The molecule has 0 saturated carbocycles. The maximum Gasteiger partial charge on any atom is 0.338 e. The van der Waals surface area contributed by atoms with Gasteiger partial charge in [0.1, 0.15) is 11.4 Å². The standard InChI is InChI=1S/C16H18F5NOS/c1-8-7-14(22-24(23)13(2,3)4)12-9(5-6-10(17)11(8)12)15(18,19)16(14,20)21/h5-6,8,22H,7H2,1-4H3. The van der Waals surface area contributed by atoms with Gasteiger partial charge in [0, 0.05) is 5.56 Å². The molecule has 3 unspecified atom stereocenters. The molecule has 2 aliphatic carbocycles. The molecule has 3 rings (SSSR count). The molecule has 2 nitrogen and oxygen atoms in total. The Morgan fingerprint density at radius 3 is 2.33 bits per heavy atom. The summed E-state index contributed by atoms with van der Waals surface area (Å²) in [6.45, 7) is 6.14. The fourth-order valence-corrected chi connectivity index (χ4v) is 4.59. The third-order valence-electron chi connectivity index (χ3n) is 4.82. The molecule has 134 valence electrons. The number of alkyl halides is 4. The van der Waals surface area contributed by atoms with Crippen molar-refractivity contribution in [3.63, 3.8) is 0 Å². The first-order chi connectivity index (χ1) is 10.8. The van der Waals surface area contributed by atoms with Crippen LogP contribution in [0.1, 0.15) is 56.7 Å². The molecule has 0 aliphatic heterocycles. The Kier molecular flexibility index (Phi) is 3.54. The van der Waals surface area contributed by atoms with Crippen molar-refractivity contribution in [3.05, 3.63) is 34.6 Å². The van der Waals surface area contributed by atoms with E-state index < -0.39 is 62.4 Å². The zero-order valence-corrected chi connectivity index (χ0v) is 14.5. The summed E-state index contributed by atoms with van der Waals surface area (Å²) in [5.41, 5.74) is -3.99. The Morgan fingerprint density at radius 2 is 1.79 bits per heavy atom. The van der Waals surface area contributed by atoms with E-state index in [1.165, 1.54) is 6.92 Å². The monoisotopic (exact) mass is 367 g/mol. The molecule has 0 fully saturated rings. The topological polar surface area (TPSA) is 29.1 Å². The maximum absolute atomic E-state index is 14.9. The van der Waals surface area contributed by atoms with E-state index in [0.717, 1.165) is 6.07 Å². The lowest BCUT2D eigenvalue weighted by atomic mass is 9.90. The summed E-state index contributed by atoms with van der Waals surface area (Å²) in [5, 5.41) is 0. The predicted octanol–water partition coefficient (Wildman–Crippen LogP) is 4.32. The Morgan fingerprint density at radius 1 is 1.21 bits per heavy atom. The summed E-state index contributed by atoms with van der Waals surface area (Å²) >= 11 is 0. The molecule has 0 saturated heterocycles. The van der Waals surface area contributed by atoms with Crippen LogP contribution >= 0.6 is 0 Å². The fraction of sp³-hybridized carbons (Fsp3) is 0.625. The zero-order valence-electron chi connectivity index (χ0n) is 13.6. The van der Waals surface area contributed by atoms with Crippen LogP contribution in [0.4, 0.5) is 22.0 Å². The van der Waals surface area contributed by atoms with Crippen LogP contribution in [0.3, 0.4) is 0 Å². The highest BCUT2D eigenvalue weighted by atomic mass is 32.2. The van der Waals surface area contributed by atoms with Gasteiger partial charge >= 0.3 is 11.8 Å². The van der Waals surface area contributed by atoms with Crippen molar-refractivity contribution in [2.45, 2.75) is 62.2 Å². The summed E-state index contributed by atoms with van der Waals surface area (Å²) < 4.78 is 86.5. The van der Waals surface area contributed by atoms with Crippen LogP contribution in [0.5, 0.6) is 0 Å². The van der Waals surface area contributed by atoms with Gasteiger partial charge < -0.3 is 0 Å². The first-order valence-electron chi connectivity index (χ1n) is 7.56. The molecular formula is C16H18F5NOS. The van der Waals surface area contributed by atoms with Crippen molar-refractivity contribution in [1.29, 1.82) is 0 Å². The van der Waals surface area contributed by atoms with Crippen molar-refractivity contribution >= 4 is 11.0 Å². The minimum Gasteiger partial charge on any atom is -0.242 e. The van der Waals surface area contributed by atoms with E-state index in [1.807, 2.05) is 0 Å². The van der Waals surface area contributed by atoms with Crippen LogP contribution in [-0.4, -0.2) is 14.9 Å². The van der Waals surface area contributed by atoms with Gasteiger partial charge in [0.2, 0.25) is 0 Å². The second-order valence-corrected chi connectivity index (χ2v) is 9.49. The van der Waals surface area contributed by atoms with Crippen LogP contribution in [0, 0.1) is 5.82 Å². The number of hydrogen-bond acceptors (Lipinski definition) is 1. The van der Waals surface area contributed by atoms with Crippen molar-refractivity contribution in [2.75, 3.05) is 0 Å². The quantitative estimate of drug-likeness (QED) is 0.775. The predicted molar refractivity (Wildman–Crippen MR) is 81.0 cm³/mol. The average Bonchev–Trinajstić information content (AvgIpc) is 2.78. The van der Waals surface area contributed by atoms with Crippen LogP contribution in [-0.2, 0) is 22.4 Å². The van der Waals surface area contributed by atoms with Gasteiger partial charge in [-0.05, 0) is 56.4 Å². The number of rotatable bonds is 2. The lowest BCUT2D eigenvalue weighted by Gasteiger charge is -2.37. The van der Waals surface area contributed by atoms with E-state index in [0.29, 0.717) is 6.07 Å².